The number of aromatic nitrogens is 2. The van der Waals surface area contributed by atoms with E-state index in [1.165, 1.54) is 5.56 Å². The van der Waals surface area contributed by atoms with Gasteiger partial charge in [-0.25, -0.2) is 9.59 Å². The zero-order valence-corrected chi connectivity index (χ0v) is 19.8. The van der Waals surface area contributed by atoms with Crippen LogP contribution in [0.3, 0.4) is 0 Å². The molecule has 6 nitrogen and oxygen atoms in total. The van der Waals surface area contributed by atoms with Gasteiger partial charge in [-0.1, -0.05) is 31.2 Å². The molecule has 0 aliphatic carbocycles. The average Bonchev–Trinajstić information content (AvgIpc) is 3.11. The van der Waals surface area contributed by atoms with Crippen molar-refractivity contribution in [3.8, 4) is 11.4 Å². The van der Waals surface area contributed by atoms with Crippen molar-refractivity contribution in [2.24, 2.45) is 0 Å². The van der Waals surface area contributed by atoms with Crippen molar-refractivity contribution in [2.75, 3.05) is 6.61 Å². The fourth-order valence-corrected chi connectivity index (χ4v) is 3.71. The van der Waals surface area contributed by atoms with Gasteiger partial charge in [-0.3, -0.25) is 9.13 Å². The monoisotopic (exact) mass is 436 g/mol. The van der Waals surface area contributed by atoms with Crippen LogP contribution < -0.4 is 10.4 Å². The van der Waals surface area contributed by atoms with Gasteiger partial charge >= 0.3 is 11.7 Å². The van der Waals surface area contributed by atoms with Crippen molar-refractivity contribution < 1.29 is 14.3 Å². The first kappa shape index (κ1) is 23.4. The molecule has 0 radical (unpaired) electrons. The number of hydrogen-bond acceptors (Lipinski definition) is 4. The fraction of sp³-hybridized carbons (Fsp3) is 0.385. The molecule has 0 N–H and O–H groups in total. The van der Waals surface area contributed by atoms with Crippen molar-refractivity contribution in [1.29, 1.82) is 0 Å². The van der Waals surface area contributed by atoms with E-state index >= 15 is 0 Å². The van der Waals surface area contributed by atoms with Gasteiger partial charge in [0, 0.05) is 12.4 Å². The van der Waals surface area contributed by atoms with E-state index in [4.69, 9.17) is 9.47 Å². The van der Waals surface area contributed by atoms with E-state index in [0.717, 1.165) is 28.8 Å². The maximum absolute atomic E-state index is 12.9. The lowest BCUT2D eigenvalue weighted by Crippen LogP contribution is -2.40. The lowest BCUT2D eigenvalue weighted by Gasteiger charge is -2.26. The summed E-state index contributed by atoms with van der Waals surface area (Å²) in [6.07, 6.45) is 4.56. The number of hydrogen-bond donors (Lipinski definition) is 0. The summed E-state index contributed by atoms with van der Waals surface area (Å²) in [6.45, 7) is 11.9. The smallest absolute Gasteiger partial charge is 0.349 e. The Morgan fingerprint density at radius 1 is 0.969 bits per heavy atom. The lowest BCUT2D eigenvalue weighted by atomic mass is 10.0. The molecule has 0 atom stereocenters. The van der Waals surface area contributed by atoms with Crippen molar-refractivity contribution in [2.45, 2.75) is 60.1 Å². The third-order valence-electron chi connectivity index (χ3n) is 5.47. The number of carbonyl (C=O) groups excluding carboxylic acids is 1. The molecule has 0 fully saturated rings. The largest absolute Gasteiger partial charge is 0.476 e. The third kappa shape index (κ3) is 4.96. The van der Waals surface area contributed by atoms with Gasteiger partial charge in [-0.05, 0) is 75.4 Å². The average molecular weight is 437 g/mol. The fourth-order valence-electron chi connectivity index (χ4n) is 3.71. The molecule has 0 aliphatic heterocycles. The molecule has 170 valence electrons. The molecule has 3 aromatic rings. The molecular formula is C26H32N2O4. The molecule has 0 aliphatic rings. The van der Waals surface area contributed by atoms with Crippen molar-refractivity contribution >= 4 is 5.97 Å². The highest BCUT2D eigenvalue weighted by molar-refractivity contribution is 5.79. The maximum atomic E-state index is 12.9. The first-order valence-electron chi connectivity index (χ1n) is 11.0. The van der Waals surface area contributed by atoms with Gasteiger partial charge in [0.1, 0.15) is 5.75 Å². The number of imidazole rings is 1. The van der Waals surface area contributed by atoms with Crippen molar-refractivity contribution in [3.05, 3.63) is 81.5 Å². The van der Waals surface area contributed by atoms with E-state index in [1.54, 1.807) is 42.3 Å². The van der Waals surface area contributed by atoms with Gasteiger partial charge in [-0.2, -0.15) is 0 Å². The molecule has 0 saturated carbocycles. The molecule has 0 unspecified atom stereocenters. The van der Waals surface area contributed by atoms with E-state index in [0.29, 0.717) is 18.9 Å². The van der Waals surface area contributed by atoms with Crippen molar-refractivity contribution in [1.82, 2.24) is 9.13 Å². The summed E-state index contributed by atoms with van der Waals surface area (Å²) in [5.74, 6) is 0.260. The molecule has 1 aromatic heterocycles. The van der Waals surface area contributed by atoms with Gasteiger partial charge in [0.15, 0.2) is 5.60 Å². The van der Waals surface area contributed by atoms with Crippen LogP contribution in [0.4, 0.5) is 0 Å². The predicted molar refractivity (Wildman–Crippen MR) is 126 cm³/mol. The van der Waals surface area contributed by atoms with Crippen LogP contribution in [0.5, 0.6) is 5.75 Å². The highest BCUT2D eigenvalue weighted by Crippen LogP contribution is 2.29. The molecule has 3 rings (SSSR count). The summed E-state index contributed by atoms with van der Waals surface area (Å²) in [5, 5.41) is 0. The number of esters is 1. The molecular weight excluding hydrogens is 404 g/mol. The molecule has 0 spiro atoms. The van der Waals surface area contributed by atoms with E-state index in [2.05, 4.69) is 6.92 Å². The van der Waals surface area contributed by atoms with Crippen molar-refractivity contribution in [3.63, 3.8) is 0 Å². The topological polar surface area (TPSA) is 62.5 Å². The van der Waals surface area contributed by atoms with Crippen LogP contribution in [0.25, 0.3) is 5.69 Å². The minimum absolute atomic E-state index is 0.0895. The first-order chi connectivity index (χ1) is 15.2. The van der Waals surface area contributed by atoms with Gasteiger partial charge in [0.2, 0.25) is 0 Å². The number of benzene rings is 2. The van der Waals surface area contributed by atoms with E-state index in [1.807, 2.05) is 50.2 Å². The standard InChI is InChI=1S/C26H32N2O4/c1-7-20-9-11-22(12-10-20)28-14-13-27(25(28)30)17-21-15-18(3)23(19(4)16-21)32-26(5,6)24(29)31-8-2/h9-16H,7-8,17H2,1-6H3. The maximum Gasteiger partial charge on any atom is 0.349 e. The van der Waals surface area contributed by atoms with Crippen LogP contribution in [-0.4, -0.2) is 27.3 Å². The van der Waals surface area contributed by atoms with E-state index < -0.39 is 11.6 Å². The molecule has 0 amide bonds. The first-order valence-corrected chi connectivity index (χ1v) is 11.0. The molecule has 0 bridgehead atoms. The predicted octanol–water partition coefficient (Wildman–Crippen LogP) is 4.59. The number of rotatable bonds is 8. The minimum atomic E-state index is -1.09. The Balaban J connectivity index is 1.83. The second kappa shape index (κ2) is 9.47. The summed E-state index contributed by atoms with van der Waals surface area (Å²) in [5.41, 5.74) is 3.70. The minimum Gasteiger partial charge on any atom is -0.476 e. The quantitative estimate of drug-likeness (QED) is 0.485. The lowest BCUT2D eigenvalue weighted by molar-refractivity contribution is -0.158. The third-order valence-corrected chi connectivity index (χ3v) is 5.47. The van der Waals surface area contributed by atoms with Gasteiger partial charge in [-0.15, -0.1) is 0 Å². The number of nitrogens with zero attached hydrogens (tertiary/aromatic N) is 2. The molecule has 0 saturated heterocycles. The normalized spacial score (nSPS) is 11.4. The Morgan fingerprint density at radius 2 is 1.59 bits per heavy atom. The summed E-state index contributed by atoms with van der Waals surface area (Å²) in [7, 11) is 0. The van der Waals surface area contributed by atoms with Gasteiger partial charge in [0.05, 0.1) is 18.8 Å². The highest BCUT2D eigenvalue weighted by Gasteiger charge is 2.32. The SMILES string of the molecule is CCOC(=O)C(C)(C)Oc1c(C)cc(Cn2ccn(-c3ccc(CC)cc3)c2=O)cc1C. The molecule has 2 aromatic carbocycles. The zero-order chi connectivity index (χ0) is 23.5. The Bertz CT molecular complexity index is 1130. The van der Waals surface area contributed by atoms with E-state index in [-0.39, 0.29) is 5.69 Å². The van der Waals surface area contributed by atoms with Gasteiger partial charge in [0.25, 0.3) is 0 Å². The summed E-state index contributed by atoms with van der Waals surface area (Å²) >= 11 is 0. The zero-order valence-electron chi connectivity index (χ0n) is 19.8. The van der Waals surface area contributed by atoms with Crippen LogP contribution >= 0.6 is 0 Å². The second-order valence-electron chi connectivity index (χ2n) is 8.49. The van der Waals surface area contributed by atoms with Crippen LogP contribution in [0.2, 0.25) is 0 Å². The van der Waals surface area contributed by atoms with E-state index in [9.17, 15) is 9.59 Å². The summed E-state index contributed by atoms with van der Waals surface area (Å²) < 4.78 is 14.5. The molecule has 1 heterocycles. The van der Waals surface area contributed by atoms with Crippen LogP contribution in [0.1, 0.15) is 49.9 Å². The number of carbonyl (C=O) groups is 1. The Hall–Kier alpha value is -3.28. The molecule has 32 heavy (non-hydrogen) atoms. The summed E-state index contributed by atoms with van der Waals surface area (Å²) in [6, 6.07) is 12.0. The number of ether oxygens (including phenoxy) is 2. The van der Waals surface area contributed by atoms with Crippen LogP contribution in [0, 0.1) is 13.8 Å². The highest BCUT2D eigenvalue weighted by atomic mass is 16.6. The Morgan fingerprint density at radius 3 is 2.16 bits per heavy atom. The number of aryl methyl sites for hydroxylation is 3. The van der Waals surface area contributed by atoms with Crippen LogP contribution in [-0.2, 0) is 22.5 Å². The summed E-state index contributed by atoms with van der Waals surface area (Å²) in [4.78, 5) is 25.1. The Kier molecular flexibility index (Phi) is 6.92. The van der Waals surface area contributed by atoms with Crippen LogP contribution in [0.15, 0.2) is 53.6 Å². The Labute approximate surface area is 189 Å². The molecule has 6 heteroatoms. The van der Waals surface area contributed by atoms with Gasteiger partial charge < -0.3 is 9.47 Å². The second-order valence-corrected chi connectivity index (χ2v) is 8.49.